The van der Waals surface area contributed by atoms with Crippen molar-refractivity contribution >= 4 is 28.6 Å². The maximum Gasteiger partial charge on any atom is 0.359 e. The van der Waals surface area contributed by atoms with Crippen LogP contribution in [0.1, 0.15) is 35.0 Å². The lowest BCUT2D eigenvalue weighted by Gasteiger charge is -2.06. The zero-order chi connectivity index (χ0) is 15.0. The topological polar surface area (TPSA) is 69.9 Å². The van der Waals surface area contributed by atoms with Gasteiger partial charge in [-0.15, -0.1) is 0 Å². The van der Waals surface area contributed by atoms with Crippen molar-refractivity contribution in [3.05, 3.63) is 26.8 Å². The highest BCUT2D eigenvalue weighted by Crippen LogP contribution is 2.32. The lowest BCUT2D eigenvalue weighted by molar-refractivity contribution is 0.0517. The van der Waals surface area contributed by atoms with Crippen molar-refractivity contribution < 1.29 is 9.53 Å². The molecular formula is C14H15IN4O2. The number of nitrogens with zero attached hydrogens (tertiary/aromatic N) is 4. The second kappa shape index (κ2) is 5.70. The van der Waals surface area contributed by atoms with Crippen LogP contribution in [0.2, 0.25) is 0 Å². The molecule has 1 aliphatic rings. The Bertz CT molecular complexity index is 711. The summed E-state index contributed by atoms with van der Waals surface area (Å²) in [6.45, 7) is 2.14. The Morgan fingerprint density at radius 2 is 2.29 bits per heavy atom. The molecular weight excluding hydrogens is 383 g/mol. The van der Waals surface area contributed by atoms with Crippen molar-refractivity contribution in [3.63, 3.8) is 0 Å². The standard InChI is InChI=1S/C14H15IN4O2/c1-3-21-13(20)11-9-6-4-5-8-7-16-14(15)17-10(8)12(9)19(2)18-11/h7H,3-6H2,1-2H3. The molecule has 3 rings (SSSR count). The van der Waals surface area contributed by atoms with E-state index in [0.29, 0.717) is 16.1 Å². The Balaban J connectivity index is 2.19. The van der Waals surface area contributed by atoms with Crippen molar-refractivity contribution in [2.24, 2.45) is 7.05 Å². The Morgan fingerprint density at radius 3 is 3.05 bits per heavy atom. The highest BCUT2D eigenvalue weighted by Gasteiger charge is 2.27. The molecule has 0 atom stereocenters. The second-order valence-corrected chi connectivity index (χ2v) is 5.85. The van der Waals surface area contributed by atoms with E-state index in [1.54, 1.807) is 11.6 Å². The zero-order valence-electron chi connectivity index (χ0n) is 11.9. The number of aromatic nitrogens is 4. The number of rotatable bonds is 2. The largest absolute Gasteiger partial charge is 0.461 e. The normalized spacial score (nSPS) is 13.3. The van der Waals surface area contributed by atoms with Gasteiger partial charge < -0.3 is 4.74 Å². The molecule has 110 valence electrons. The van der Waals surface area contributed by atoms with E-state index in [2.05, 4.69) is 37.7 Å². The van der Waals surface area contributed by atoms with Crippen molar-refractivity contribution in [3.8, 4) is 11.4 Å². The third kappa shape index (κ3) is 2.54. The first-order chi connectivity index (χ1) is 10.1. The molecule has 0 radical (unpaired) electrons. The third-order valence-corrected chi connectivity index (χ3v) is 4.07. The van der Waals surface area contributed by atoms with E-state index in [1.807, 2.05) is 13.2 Å². The Labute approximate surface area is 136 Å². The van der Waals surface area contributed by atoms with Gasteiger partial charge in [0, 0.05) is 41.4 Å². The SMILES string of the molecule is CCOC(=O)c1nn(C)c2c1CCCc1cnc(I)nc1-2. The van der Waals surface area contributed by atoms with E-state index >= 15 is 0 Å². The Hall–Kier alpha value is -1.51. The summed E-state index contributed by atoms with van der Waals surface area (Å²) in [6, 6.07) is 0. The minimum atomic E-state index is -0.360. The number of hydrogen-bond acceptors (Lipinski definition) is 5. The van der Waals surface area contributed by atoms with Gasteiger partial charge in [-0.3, -0.25) is 4.68 Å². The van der Waals surface area contributed by atoms with Gasteiger partial charge in [-0.25, -0.2) is 14.8 Å². The molecule has 7 heteroatoms. The van der Waals surface area contributed by atoms with E-state index < -0.39 is 0 Å². The molecule has 6 nitrogen and oxygen atoms in total. The zero-order valence-corrected chi connectivity index (χ0v) is 14.0. The fourth-order valence-corrected chi connectivity index (χ4v) is 3.07. The third-order valence-electron chi connectivity index (χ3n) is 3.55. The van der Waals surface area contributed by atoms with Crippen LogP contribution >= 0.6 is 22.6 Å². The molecule has 2 heterocycles. The maximum atomic E-state index is 12.1. The number of carbonyl (C=O) groups excluding carboxylic acids is 1. The fourth-order valence-electron chi connectivity index (χ4n) is 2.69. The Morgan fingerprint density at radius 1 is 1.48 bits per heavy atom. The van der Waals surface area contributed by atoms with Crippen LogP contribution in [0.5, 0.6) is 0 Å². The molecule has 0 aromatic carbocycles. The van der Waals surface area contributed by atoms with Crippen molar-refractivity contribution in [1.29, 1.82) is 0 Å². The van der Waals surface area contributed by atoms with Crippen molar-refractivity contribution in [2.75, 3.05) is 6.61 Å². The molecule has 0 fully saturated rings. The van der Waals surface area contributed by atoms with Gasteiger partial charge in [0.25, 0.3) is 0 Å². The molecule has 1 aliphatic carbocycles. The quantitative estimate of drug-likeness (QED) is 0.441. The summed E-state index contributed by atoms with van der Waals surface area (Å²) in [5, 5.41) is 4.36. The summed E-state index contributed by atoms with van der Waals surface area (Å²) < 4.78 is 7.53. The molecule has 0 saturated carbocycles. The van der Waals surface area contributed by atoms with Crippen LogP contribution in [0, 0.1) is 3.83 Å². The van der Waals surface area contributed by atoms with Gasteiger partial charge in [-0.2, -0.15) is 5.10 Å². The van der Waals surface area contributed by atoms with Gasteiger partial charge in [-0.05, 0) is 31.7 Å². The number of carbonyl (C=O) groups is 1. The van der Waals surface area contributed by atoms with Crippen LogP contribution in [-0.2, 0) is 24.6 Å². The number of fused-ring (bicyclic) bond motifs is 3. The van der Waals surface area contributed by atoms with E-state index in [1.165, 1.54) is 0 Å². The average Bonchev–Trinajstić information content (AvgIpc) is 2.66. The first kappa shape index (κ1) is 14.4. The van der Waals surface area contributed by atoms with Gasteiger partial charge in [0.15, 0.2) is 9.53 Å². The van der Waals surface area contributed by atoms with Gasteiger partial charge in [0.2, 0.25) is 0 Å². The van der Waals surface area contributed by atoms with Gasteiger partial charge in [-0.1, -0.05) is 0 Å². The summed E-state index contributed by atoms with van der Waals surface area (Å²) in [5.41, 5.74) is 4.24. The van der Waals surface area contributed by atoms with Crippen LogP contribution in [0.4, 0.5) is 0 Å². The van der Waals surface area contributed by atoms with Crippen molar-refractivity contribution in [1.82, 2.24) is 19.7 Å². The molecule has 0 saturated heterocycles. The smallest absolute Gasteiger partial charge is 0.359 e. The maximum absolute atomic E-state index is 12.1. The van der Waals surface area contributed by atoms with E-state index in [-0.39, 0.29) is 5.97 Å². The van der Waals surface area contributed by atoms with Crippen LogP contribution < -0.4 is 0 Å². The van der Waals surface area contributed by atoms with Gasteiger partial charge >= 0.3 is 5.97 Å². The molecule has 21 heavy (non-hydrogen) atoms. The summed E-state index contributed by atoms with van der Waals surface area (Å²) in [4.78, 5) is 20.9. The summed E-state index contributed by atoms with van der Waals surface area (Å²) >= 11 is 2.10. The Kier molecular flexibility index (Phi) is 3.92. The first-order valence-corrected chi connectivity index (χ1v) is 7.94. The van der Waals surface area contributed by atoms with Crippen LogP contribution in [0.15, 0.2) is 6.20 Å². The van der Waals surface area contributed by atoms with E-state index in [9.17, 15) is 4.79 Å². The predicted molar refractivity (Wildman–Crippen MR) is 84.9 cm³/mol. The highest BCUT2D eigenvalue weighted by atomic mass is 127. The second-order valence-electron chi connectivity index (χ2n) is 4.89. The number of esters is 1. The monoisotopic (exact) mass is 398 g/mol. The number of ether oxygens (including phenoxy) is 1. The van der Waals surface area contributed by atoms with Crippen molar-refractivity contribution in [2.45, 2.75) is 26.2 Å². The number of halogens is 1. The van der Waals surface area contributed by atoms with Crippen LogP contribution in [0.25, 0.3) is 11.4 Å². The van der Waals surface area contributed by atoms with E-state index in [4.69, 9.17) is 4.74 Å². The molecule has 0 bridgehead atoms. The number of aryl methyl sites for hydroxylation is 2. The summed E-state index contributed by atoms with van der Waals surface area (Å²) in [6.07, 6.45) is 4.52. The molecule has 0 N–H and O–H groups in total. The van der Waals surface area contributed by atoms with Gasteiger partial charge in [0.05, 0.1) is 18.0 Å². The van der Waals surface area contributed by atoms with Crippen LogP contribution in [-0.4, -0.2) is 32.3 Å². The van der Waals surface area contributed by atoms with Crippen LogP contribution in [0.3, 0.4) is 0 Å². The lowest BCUT2D eigenvalue weighted by atomic mass is 10.1. The predicted octanol–water partition coefficient (Wildman–Crippen LogP) is 2.15. The number of hydrogen-bond donors (Lipinski definition) is 0. The fraction of sp³-hybridized carbons (Fsp3) is 0.429. The molecule has 0 spiro atoms. The lowest BCUT2D eigenvalue weighted by Crippen LogP contribution is -2.08. The molecule has 0 amide bonds. The molecule has 0 aliphatic heterocycles. The summed E-state index contributed by atoms with van der Waals surface area (Å²) in [7, 11) is 1.84. The molecule has 2 aromatic heterocycles. The average molecular weight is 398 g/mol. The molecule has 0 unspecified atom stereocenters. The van der Waals surface area contributed by atoms with Gasteiger partial charge in [0.1, 0.15) is 0 Å². The summed E-state index contributed by atoms with van der Waals surface area (Å²) in [5.74, 6) is -0.360. The van der Waals surface area contributed by atoms with E-state index in [0.717, 1.165) is 41.8 Å². The highest BCUT2D eigenvalue weighted by molar-refractivity contribution is 14.1. The minimum Gasteiger partial charge on any atom is -0.461 e. The molecule has 2 aromatic rings. The first-order valence-electron chi connectivity index (χ1n) is 6.86. The minimum absolute atomic E-state index is 0.348.